The van der Waals surface area contributed by atoms with E-state index in [0.29, 0.717) is 5.82 Å². The topological polar surface area (TPSA) is 92.1 Å². The molecule has 140 valence electrons. The number of nitro benzene ring substituents is 1. The number of nitrogens with one attached hydrogen (secondary N) is 2. The van der Waals surface area contributed by atoms with Gasteiger partial charge >= 0.3 is 5.91 Å². The molecule has 0 atom stereocenters. The second-order valence-electron chi connectivity index (χ2n) is 6.16. The number of benzene rings is 1. The first-order valence-electron chi connectivity index (χ1n) is 8.27. The van der Waals surface area contributed by atoms with Crippen LogP contribution in [0.15, 0.2) is 54.0 Å². The van der Waals surface area contributed by atoms with Crippen LogP contribution in [0.25, 0.3) is 16.2 Å². The van der Waals surface area contributed by atoms with Crippen LogP contribution in [0.3, 0.4) is 0 Å². The molecule has 0 aliphatic heterocycles. The van der Waals surface area contributed by atoms with E-state index >= 15 is 0 Å². The molecule has 0 saturated heterocycles. The molecule has 4 aromatic rings. The number of hydrogen-bond acceptors (Lipinski definition) is 4. The summed E-state index contributed by atoms with van der Waals surface area (Å²) in [6.45, 7) is 1.98. The lowest BCUT2D eigenvalue weighted by Gasteiger charge is -2.02. The SMILES string of the molecule is Cc1cc[n+]2c(NC(=O)c3ccc(Cl)c([N+](=O)[O-])c3)c(-c3cccs3)[nH]c2c1. The number of hydrogen-bond donors (Lipinski definition) is 2. The quantitative estimate of drug-likeness (QED) is 0.291. The highest BCUT2D eigenvalue weighted by Gasteiger charge is 2.25. The minimum atomic E-state index is -0.612. The van der Waals surface area contributed by atoms with Gasteiger partial charge in [-0.3, -0.25) is 19.9 Å². The van der Waals surface area contributed by atoms with E-state index in [4.69, 9.17) is 11.6 Å². The molecule has 0 spiro atoms. The van der Waals surface area contributed by atoms with Crippen LogP contribution < -0.4 is 9.72 Å². The Balaban J connectivity index is 1.79. The summed E-state index contributed by atoms with van der Waals surface area (Å²) in [5.74, 6) is 0.0894. The smallest absolute Gasteiger partial charge is 0.266 e. The van der Waals surface area contributed by atoms with Crippen molar-refractivity contribution in [1.29, 1.82) is 0 Å². The number of anilines is 1. The Morgan fingerprint density at radius 1 is 1.29 bits per heavy atom. The summed E-state index contributed by atoms with van der Waals surface area (Å²) in [6.07, 6.45) is 1.86. The maximum Gasteiger partial charge on any atom is 0.312 e. The third-order valence-electron chi connectivity index (χ3n) is 4.25. The number of aryl methyl sites for hydroxylation is 1. The van der Waals surface area contributed by atoms with Crippen molar-refractivity contribution in [3.8, 4) is 10.6 Å². The van der Waals surface area contributed by atoms with Gasteiger partial charge in [-0.1, -0.05) is 17.7 Å². The fraction of sp³-hybridized carbons (Fsp3) is 0.0526. The molecular formula is C19H14ClN4O3S+. The Kier molecular flexibility index (Phi) is 4.58. The van der Waals surface area contributed by atoms with Gasteiger partial charge in [0.15, 0.2) is 5.69 Å². The Labute approximate surface area is 168 Å². The highest BCUT2D eigenvalue weighted by Crippen LogP contribution is 2.30. The summed E-state index contributed by atoms with van der Waals surface area (Å²) in [7, 11) is 0. The van der Waals surface area contributed by atoms with Crippen molar-refractivity contribution in [1.82, 2.24) is 4.98 Å². The highest BCUT2D eigenvalue weighted by molar-refractivity contribution is 7.13. The van der Waals surface area contributed by atoms with Crippen LogP contribution in [-0.4, -0.2) is 15.8 Å². The van der Waals surface area contributed by atoms with Crippen LogP contribution in [-0.2, 0) is 0 Å². The number of imidazole rings is 1. The van der Waals surface area contributed by atoms with Crippen molar-refractivity contribution in [2.45, 2.75) is 6.92 Å². The molecule has 0 aliphatic rings. The molecule has 0 bridgehead atoms. The average Bonchev–Trinajstić information content (AvgIpc) is 3.29. The molecule has 0 unspecified atom stereocenters. The minimum absolute atomic E-state index is 0.0160. The fourth-order valence-electron chi connectivity index (χ4n) is 2.90. The number of aromatic amines is 1. The lowest BCUT2D eigenvalue weighted by molar-refractivity contribution is -0.493. The third-order valence-corrected chi connectivity index (χ3v) is 5.45. The van der Waals surface area contributed by atoms with Crippen molar-refractivity contribution in [2.24, 2.45) is 0 Å². The molecule has 0 aliphatic carbocycles. The van der Waals surface area contributed by atoms with Gasteiger partial charge in [0.1, 0.15) is 5.02 Å². The van der Waals surface area contributed by atoms with E-state index in [0.717, 1.165) is 21.8 Å². The van der Waals surface area contributed by atoms with Crippen LogP contribution in [0.2, 0.25) is 5.02 Å². The zero-order valence-corrected chi connectivity index (χ0v) is 16.2. The molecule has 0 radical (unpaired) electrons. The van der Waals surface area contributed by atoms with E-state index in [2.05, 4.69) is 10.3 Å². The number of nitrogens with zero attached hydrogens (tertiary/aromatic N) is 2. The summed E-state index contributed by atoms with van der Waals surface area (Å²) in [5.41, 5.74) is 2.49. The van der Waals surface area contributed by atoms with Crippen molar-refractivity contribution in [3.63, 3.8) is 0 Å². The summed E-state index contributed by atoms with van der Waals surface area (Å²) in [5, 5.41) is 15.9. The van der Waals surface area contributed by atoms with Gasteiger partial charge in [0.05, 0.1) is 21.6 Å². The Morgan fingerprint density at radius 3 is 2.82 bits per heavy atom. The fourth-order valence-corrected chi connectivity index (χ4v) is 3.81. The zero-order chi connectivity index (χ0) is 19.8. The summed E-state index contributed by atoms with van der Waals surface area (Å²) < 4.78 is 1.84. The molecular weight excluding hydrogens is 400 g/mol. The monoisotopic (exact) mass is 413 g/mol. The standard InChI is InChI=1S/C19H13ClN4O3S/c1-11-6-7-23-16(9-11)21-17(15-3-2-8-28-15)18(23)22-19(25)12-4-5-13(20)14(10-12)24(26)27/h2-10H,1H3,(H,22,25)/p+1. The molecule has 4 rings (SSSR count). The average molecular weight is 414 g/mol. The van der Waals surface area contributed by atoms with Crippen molar-refractivity contribution in [3.05, 3.63) is 80.3 Å². The molecule has 3 aromatic heterocycles. The Morgan fingerprint density at radius 2 is 2.11 bits per heavy atom. The number of carbonyl (C=O) groups is 1. The second kappa shape index (κ2) is 7.06. The molecule has 0 fully saturated rings. The van der Waals surface area contributed by atoms with Crippen molar-refractivity contribution < 1.29 is 14.1 Å². The number of carbonyl (C=O) groups excluding carboxylic acids is 1. The molecule has 7 nitrogen and oxygen atoms in total. The first-order valence-corrected chi connectivity index (χ1v) is 9.53. The van der Waals surface area contributed by atoms with E-state index in [1.807, 2.05) is 47.2 Å². The normalized spacial score (nSPS) is 10.9. The van der Waals surface area contributed by atoms with E-state index in [1.54, 1.807) is 0 Å². The van der Waals surface area contributed by atoms with Gasteiger partial charge < -0.3 is 0 Å². The Bertz CT molecular complexity index is 1220. The summed E-state index contributed by atoms with van der Waals surface area (Å²) >= 11 is 7.38. The number of amides is 1. The van der Waals surface area contributed by atoms with Gasteiger partial charge in [0.2, 0.25) is 5.65 Å². The largest absolute Gasteiger partial charge is 0.312 e. The first-order chi connectivity index (χ1) is 13.4. The van der Waals surface area contributed by atoms with E-state index in [9.17, 15) is 14.9 Å². The van der Waals surface area contributed by atoms with Crippen LogP contribution in [0.1, 0.15) is 15.9 Å². The zero-order valence-electron chi connectivity index (χ0n) is 14.6. The summed E-state index contributed by atoms with van der Waals surface area (Å²) in [4.78, 5) is 27.6. The molecule has 2 N–H and O–H groups in total. The first kappa shape index (κ1) is 18.1. The number of aromatic nitrogens is 2. The van der Waals surface area contributed by atoms with E-state index in [-0.39, 0.29) is 16.3 Å². The van der Waals surface area contributed by atoms with Gasteiger partial charge in [-0.15, -0.1) is 11.3 Å². The van der Waals surface area contributed by atoms with Gasteiger partial charge in [-0.25, -0.2) is 9.72 Å². The molecule has 1 aromatic carbocycles. The van der Waals surface area contributed by atoms with Crippen LogP contribution >= 0.6 is 22.9 Å². The predicted molar refractivity (Wildman–Crippen MR) is 108 cm³/mol. The highest BCUT2D eigenvalue weighted by atomic mass is 35.5. The van der Waals surface area contributed by atoms with E-state index < -0.39 is 10.8 Å². The number of thiophene rings is 1. The third kappa shape index (κ3) is 3.23. The molecule has 0 saturated carbocycles. The van der Waals surface area contributed by atoms with Gasteiger partial charge in [0, 0.05) is 12.1 Å². The van der Waals surface area contributed by atoms with Crippen LogP contribution in [0, 0.1) is 17.0 Å². The van der Waals surface area contributed by atoms with Gasteiger partial charge in [0.25, 0.3) is 11.5 Å². The number of H-pyrrole nitrogens is 1. The number of fused-ring (bicyclic) bond motifs is 1. The Hall–Kier alpha value is -3.23. The lowest BCUT2D eigenvalue weighted by Crippen LogP contribution is -2.27. The van der Waals surface area contributed by atoms with Gasteiger partial charge in [-0.2, -0.15) is 0 Å². The number of pyridine rings is 1. The second-order valence-corrected chi connectivity index (χ2v) is 7.52. The van der Waals surface area contributed by atoms with Crippen LogP contribution in [0.5, 0.6) is 0 Å². The minimum Gasteiger partial charge on any atom is -0.266 e. The molecule has 3 heterocycles. The van der Waals surface area contributed by atoms with Gasteiger partial charge in [-0.05, 0) is 42.1 Å². The number of halogens is 1. The van der Waals surface area contributed by atoms with Crippen molar-refractivity contribution >= 4 is 46.0 Å². The number of nitro groups is 1. The summed E-state index contributed by atoms with van der Waals surface area (Å²) in [6, 6.07) is 11.8. The predicted octanol–water partition coefficient (Wildman–Crippen LogP) is 4.60. The maximum atomic E-state index is 12.8. The van der Waals surface area contributed by atoms with E-state index in [1.165, 1.54) is 29.5 Å². The number of rotatable bonds is 4. The molecule has 1 amide bonds. The maximum absolute atomic E-state index is 12.8. The lowest BCUT2D eigenvalue weighted by atomic mass is 10.2. The van der Waals surface area contributed by atoms with Crippen LogP contribution in [0.4, 0.5) is 11.5 Å². The van der Waals surface area contributed by atoms with Crippen molar-refractivity contribution in [2.75, 3.05) is 5.32 Å². The molecule has 9 heteroatoms. The molecule has 28 heavy (non-hydrogen) atoms.